The molecule has 1 aromatic rings. The van der Waals surface area contributed by atoms with Gasteiger partial charge in [0.05, 0.1) is 6.04 Å². The van der Waals surface area contributed by atoms with Crippen LogP contribution in [0.4, 0.5) is 4.79 Å². The summed E-state index contributed by atoms with van der Waals surface area (Å²) < 4.78 is 11.5. The van der Waals surface area contributed by atoms with Crippen LogP contribution in [0.25, 0.3) is 0 Å². The van der Waals surface area contributed by atoms with Crippen LogP contribution in [0.1, 0.15) is 52.8 Å². The van der Waals surface area contributed by atoms with Crippen LogP contribution in [0.15, 0.2) is 21.2 Å². The number of hydrogen-bond donors (Lipinski definition) is 2. The minimum absolute atomic E-state index is 0.0145. The molecule has 2 N–H and O–H groups in total. The van der Waals surface area contributed by atoms with Gasteiger partial charge in [0.2, 0.25) is 0 Å². The summed E-state index contributed by atoms with van der Waals surface area (Å²) in [5.74, 6) is 0.856. The van der Waals surface area contributed by atoms with Gasteiger partial charge in [-0.15, -0.1) is 0 Å². The summed E-state index contributed by atoms with van der Waals surface area (Å²) in [6.07, 6.45) is 0.436. The van der Waals surface area contributed by atoms with Crippen LogP contribution in [0.3, 0.4) is 0 Å². The third-order valence-electron chi connectivity index (χ3n) is 2.90. The molecule has 0 spiro atoms. The molecule has 0 saturated heterocycles. The number of amides is 1. The molecule has 120 valence electrons. The fourth-order valence-electron chi connectivity index (χ4n) is 1.75. The Kier molecular flexibility index (Phi) is 6.74. The van der Waals surface area contributed by atoms with E-state index in [-0.39, 0.29) is 18.2 Å². The Bertz CT molecular complexity index is 454. The number of halogens is 1. The lowest BCUT2D eigenvalue weighted by molar-refractivity contribution is 0.0502. The number of alkyl carbamates (subject to hydrolysis) is 1. The number of rotatable bonds is 6. The molecule has 0 aliphatic carbocycles. The average molecular weight is 361 g/mol. The molecule has 21 heavy (non-hydrogen) atoms. The van der Waals surface area contributed by atoms with E-state index >= 15 is 0 Å². The van der Waals surface area contributed by atoms with Gasteiger partial charge in [-0.2, -0.15) is 0 Å². The number of ether oxygens (including phenoxy) is 1. The molecule has 0 aliphatic rings. The van der Waals surface area contributed by atoms with Crippen LogP contribution in [0.5, 0.6) is 0 Å². The van der Waals surface area contributed by atoms with Crippen molar-refractivity contribution in [3.8, 4) is 0 Å². The molecular weight excluding hydrogens is 336 g/mol. The Labute approximate surface area is 134 Å². The number of furan rings is 1. The maximum atomic E-state index is 11.8. The first kappa shape index (κ1) is 18.0. The fraction of sp³-hybridized carbons (Fsp3) is 0.667. The van der Waals surface area contributed by atoms with Gasteiger partial charge in [-0.3, -0.25) is 0 Å². The smallest absolute Gasteiger partial charge is 0.407 e. The highest BCUT2D eigenvalue weighted by Crippen LogP contribution is 2.19. The van der Waals surface area contributed by atoms with Crippen molar-refractivity contribution in [1.29, 1.82) is 0 Å². The summed E-state index contributed by atoms with van der Waals surface area (Å²) in [5.41, 5.74) is -0.483. The average Bonchev–Trinajstić information content (AvgIpc) is 2.78. The minimum Gasteiger partial charge on any atom is -0.453 e. The summed E-state index contributed by atoms with van der Waals surface area (Å²) in [5, 5.41) is 6.22. The van der Waals surface area contributed by atoms with E-state index < -0.39 is 5.60 Å². The number of carbonyl (C=O) groups is 1. The lowest BCUT2D eigenvalue weighted by atomic mass is 10.2. The molecule has 0 saturated carbocycles. The zero-order valence-corrected chi connectivity index (χ0v) is 14.9. The van der Waals surface area contributed by atoms with Gasteiger partial charge in [0.1, 0.15) is 11.4 Å². The third kappa shape index (κ3) is 7.00. The standard InChI is InChI=1S/C15H25BrN2O3/c1-6-11(18-14(19)21-15(3,4)5)9-17-10(2)12-7-8-13(16)20-12/h7-8,10-11,17H,6,9H2,1-5H3,(H,18,19). The molecule has 0 radical (unpaired) electrons. The van der Waals surface area contributed by atoms with E-state index in [4.69, 9.17) is 9.15 Å². The first-order chi connectivity index (χ1) is 9.71. The van der Waals surface area contributed by atoms with E-state index in [1.165, 1.54) is 0 Å². The first-order valence-electron chi connectivity index (χ1n) is 7.19. The largest absolute Gasteiger partial charge is 0.453 e. The highest BCUT2D eigenvalue weighted by Gasteiger charge is 2.19. The van der Waals surface area contributed by atoms with Crippen LogP contribution in [0, 0.1) is 0 Å². The molecule has 1 amide bonds. The molecule has 0 fully saturated rings. The van der Waals surface area contributed by atoms with E-state index in [0.717, 1.165) is 12.2 Å². The molecular formula is C15H25BrN2O3. The summed E-state index contributed by atoms with van der Waals surface area (Å²) >= 11 is 3.29. The van der Waals surface area contributed by atoms with Crippen molar-refractivity contribution in [3.63, 3.8) is 0 Å². The van der Waals surface area contributed by atoms with Gasteiger partial charge in [-0.05, 0) is 62.2 Å². The topological polar surface area (TPSA) is 63.5 Å². The lowest BCUT2D eigenvalue weighted by Crippen LogP contribution is -2.44. The molecule has 5 nitrogen and oxygen atoms in total. The molecule has 0 aliphatic heterocycles. The molecule has 6 heteroatoms. The van der Waals surface area contributed by atoms with E-state index in [2.05, 4.69) is 26.6 Å². The lowest BCUT2D eigenvalue weighted by Gasteiger charge is -2.24. The second-order valence-electron chi connectivity index (χ2n) is 6.02. The fourth-order valence-corrected chi connectivity index (χ4v) is 2.07. The molecule has 2 atom stereocenters. The minimum atomic E-state index is -0.483. The van der Waals surface area contributed by atoms with Gasteiger partial charge in [0, 0.05) is 12.6 Å². The van der Waals surface area contributed by atoms with E-state index in [0.29, 0.717) is 11.2 Å². The summed E-state index contributed by atoms with van der Waals surface area (Å²) in [6.45, 7) is 10.2. The van der Waals surface area contributed by atoms with Gasteiger partial charge in [-0.1, -0.05) is 6.92 Å². The third-order valence-corrected chi connectivity index (χ3v) is 3.33. The molecule has 1 heterocycles. The predicted molar refractivity (Wildman–Crippen MR) is 86.3 cm³/mol. The quantitative estimate of drug-likeness (QED) is 0.804. The Hall–Kier alpha value is -1.01. The highest BCUT2D eigenvalue weighted by molar-refractivity contribution is 9.10. The van der Waals surface area contributed by atoms with E-state index in [1.807, 2.05) is 46.8 Å². The Morgan fingerprint density at radius 3 is 2.57 bits per heavy atom. The van der Waals surface area contributed by atoms with Gasteiger partial charge in [0.15, 0.2) is 4.67 Å². The van der Waals surface area contributed by atoms with Crippen molar-refractivity contribution in [1.82, 2.24) is 10.6 Å². The second-order valence-corrected chi connectivity index (χ2v) is 6.80. The van der Waals surface area contributed by atoms with E-state index in [1.54, 1.807) is 0 Å². The van der Waals surface area contributed by atoms with Crippen molar-refractivity contribution in [2.45, 2.75) is 58.7 Å². The maximum absolute atomic E-state index is 11.8. The van der Waals surface area contributed by atoms with Crippen molar-refractivity contribution >= 4 is 22.0 Å². The van der Waals surface area contributed by atoms with Crippen molar-refractivity contribution in [3.05, 3.63) is 22.6 Å². The van der Waals surface area contributed by atoms with Crippen molar-refractivity contribution in [2.75, 3.05) is 6.54 Å². The second kappa shape index (κ2) is 7.84. The highest BCUT2D eigenvalue weighted by atomic mass is 79.9. The van der Waals surface area contributed by atoms with Gasteiger partial charge in [0.25, 0.3) is 0 Å². The maximum Gasteiger partial charge on any atom is 0.407 e. The van der Waals surface area contributed by atoms with Crippen LogP contribution < -0.4 is 10.6 Å². The van der Waals surface area contributed by atoms with Crippen LogP contribution in [0.2, 0.25) is 0 Å². The van der Waals surface area contributed by atoms with Crippen LogP contribution >= 0.6 is 15.9 Å². The first-order valence-corrected chi connectivity index (χ1v) is 7.98. The Morgan fingerprint density at radius 2 is 2.10 bits per heavy atom. The van der Waals surface area contributed by atoms with Crippen molar-refractivity contribution in [2.24, 2.45) is 0 Å². The molecule has 0 aromatic carbocycles. The summed E-state index contributed by atoms with van der Waals surface area (Å²) in [7, 11) is 0. The van der Waals surface area contributed by atoms with Gasteiger partial charge in [-0.25, -0.2) is 4.79 Å². The zero-order chi connectivity index (χ0) is 16.0. The normalized spacial score (nSPS) is 14.6. The summed E-state index contributed by atoms with van der Waals surface area (Å²) in [6, 6.07) is 3.87. The Balaban J connectivity index is 2.42. The van der Waals surface area contributed by atoms with Crippen LogP contribution in [-0.4, -0.2) is 24.3 Å². The SMILES string of the molecule is CCC(CNC(C)c1ccc(Br)o1)NC(=O)OC(C)(C)C. The number of carbonyl (C=O) groups excluding carboxylic acids is 1. The molecule has 0 bridgehead atoms. The molecule has 1 aromatic heterocycles. The summed E-state index contributed by atoms with van der Waals surface area (Å²) in [4.78, 5) is 11.8. The zero-order valence-electron chi connectivity index (χ0n) is 13.3. The predicted octanol–water partition coefficient (Wildman–Crippen LogP) is 4.00. The molecule has 1 rings (SSSR count). The number of nitrogens with one attached hydrogen (secondary N) is 2. The monoisotopic (exact) mass is 360 g/mol. The van der Waals surface area contributed by atoms with Gasteiger partial charge < -0.3 is 19.8 Å². The number of hydrogen-bond acceptors (Lipinski definition) is 4. The van der Waals surface area contributed by atoms with E-state index in [9.17, 15) is 4.79 Å². The van der Waals surface area contributed by atoms with Crippen LogP contribution in [-0.2, 0) is 4.74 Å². The van der Waals surface area contributed by atoms with Crippen molar-refractivity contribution < 1.29 is 13.9 Å². The van der Waals surface area contributed by atoms with Gasteiger partial charge >= 0.3 is 6.09 Å². The molecule has 2 unspecified atom stereocenters. The Morgan fingerprint density at radius 1 is 1.43 bits per heavy atom.